The molecule has 0 aliphatic rings. The van der Waals surface area contributed by atoms with E-state index in [1.165, 1.54) is 29.8 Å². The van der Waals surface area contributed by atoms with Crippen molar-refractivity contribution in [1.82, 2.24) is 0 Å². The number of carboxylic acid groups (broad SMARTS) is 1. The fourth-order valence-electron chi connectivity index (χ4n) is 3.13. The first kappa shape index (κ1) is 18.4. The molecule has 0 spiro atoms. The summed E-state index contributed by atoms with van der Waals surface area (Å²) in [6.45, 7) is 0. The third kappa shape index (κ3) is 3.56. The number of aliphatic carboxylic acids is 1. The Kier molecular flexibility index (Phi) is 4.98. The zero-order valence-corrected chi connectivity index (χ0v) is 16.6. The Balaban J connectivity index is 1.73. The van der Waals surface area contributed by atoms with Crippen LogP contribution in [0.5, 0.6) is 0 Å². The van der Waals surface area contributed by atoms with Gasteiger partial charge in [0.05, 0.1) is 13.5 Å². The van der Waals surface area contributed by atoms with E-state index in [1.54, 1.807) is 0 Å². The number of carboxylic acids is 1. The Bertz CT molecular complexity index is 1230. The van der Waals surface area contributed by atoms with Gasteiger partial charge < -0.3 is 9.84 Å². The van der Waals surface area contributed by atoms with Gasteiger partial charge in [-0.1, -0.05) is 36.4 Å². The highest BCUT2D eigenvalue weighted by Gasteiger charge is 2.12. The fourth-order valence-corrected chi connectivity index (χ4v) is 5.23. The maximum atomic E-state index is 11.8. The highest BCUT2D eigenvalue weighted by Crippen LogP contribution is 2.32. The van der Waals surface area contributed by atoms with Gasteiger partial charge in [-0.25, -0.2) is 4.79 Å². The number of carbonyl (C=O) groups is 2. The van der Waals surface area contributed by atoms with Crippen molar-refractivity contribution in [2.45, 2.75) is 6.42 Å². The van der Waals surface area contributed by atoms with Gasteiger partial charge in [0.1, 0.15) is 4.88 Å². The van der Waals surface area contributed by atoms with Crippen molar-refractivity contribution in [2.75, 3.05) is 7.11 Å². The number of hydrogen-bond acceptors (Lipinski definition) is 5. The molecule has 0 aliphatic heterocycles. The van der Waals surface area contributed by atoms with Gasteiger partial charge in [0.15, 0.2) is 0 Å². The monoisotopic (exact) mass is 408 g/mol. The van der Waals surface area contributed by atoms with E-state index in [1.807, 2.05) is 60.7 Å². The number of esters is 1. The highest BCUT2D eigenvalue weighted by molar-refractivity contribution is 7.20. The zero-order valence-electron chi connectivity index (χ0n) is 15.0. The van der Waals surface area contributed by atoms with Gasteiger partial charge in [-0.2, -0.15) is 0 Å². The van der Waals surface area contributed by atoms with E-state index in [9.17, 15) is 9.59 Å². The minimum Gasteiger partial charge on any atom is -0.481 e. The Morgan fingerprint density at radius 2 is 1.57 bits per heavy atom. The second-order valence-corrected chi connectivity index (χ2v) is 8.49. The van der Waals surface area contributed by atoms with Gasteiger partial charge in [-0.05, 0) is 40.8 Å². The summed E-state index contributed by atoms with van der Waals surface area (Å²) in [5.41, 5.74) is 2.05. The van der Waals surface area contributed by atoms with Crippen LogP contribution in [0.2, 0.25) is 0 Å². The second-order valence-electron chi connectivity index (χ2n) is 6.24. The largest absolute Gasteiger partial charge is 0.481 e. The van der Waals surface area contributed by atoms with Crippen LogP contribution in [-0.2, 0) is 16.0 Å². The van der Waals surface area contributed by atoms with Crippen LogP contribution >= 0.6 is 22.7 Å². The smallest absolute Gasteiger partial charge is 0.348 e. The van der Waals surface area contributed by atoms with Gasteiger partial charge in [-0.3, -0.25) is 4.79 Å². The summed E-state index contributed by atoms with van der Waals surface area (Å²) >= 11 is 2.92. The van der Waals surface area contributed by atoms with Gasteiger partial charge in [-0.15, -0.1) is 22.7 Å². The molecule has 4 aromatic rings. The summed E-state index contributed by atoms with van der Waals surface area (Å²) in [6.07, 6.45) is 4.09. The predicted octanol–water partition coefficient (Wildman–Crippen LogP) is 5.70. The van der Waals surface area contributed by atoms with E-state index < -0.39 is 5.97 Å². The van der Waals surface area contributed by atoms with Crippen molar-refractivity contribution in [3.05, 3.63) is 69.4 Å². The summed E-state index contributed by atoms with van der Waals surface area (Å²) in [5.74, 6) is -1.15. The number of hydrogen-bond donors (Lipinski definition) is 1. The Labute approximate surface area is 169 Å². The number of thiophene rings is 2. The van der Waals surface area contributed by atoms with Crippen molar-refractivity contribution in [2.24, 2.45) is 0 Å². The molecular weight excluding hydrogens is 392 g/mol. The fraction of sp³-hybridized carbons (Fsp3) is 0.0909. The first-order valence-electron chi connectivity index (χ1n) is 8.57. The van der Waals surface area contributed by atoms with Gasteiger partial charge in [0, 0.05) is 19.7 Å². The van der Waals surface area contributed by atoms with Gasteiger partial charge >= 0.3 is 11.9 Å². The van der Waals surface area contributed by atoms with Crippen LogP contribution in [0, 0.1) is 0 Å². The van der Waals surface area contributed by atoms with E-state index in [2.05, 4.69) is 0 Å². The molecule has 140 valence electrons. The van der Waals surface area contributed by atoms with Crippen molar-refractivity contribution < 1.29 is 19.4 Å². The molecule has 0 saturated heterocycles. The van der Waals surface area contributed by atoms with Crippen molar-refractivity contribution in [3.63, 3.8) is 0 Å². The lowest BCUT2D eigenvalue weighted by Crippen LogP contribution is -1.96. The van der Waals surface area contributed by atoms with Crippen molar-refractivity contribution in [3.8, 4) is 0 Å². The molecule has 0 radical (unpaired) electrons. The molecule has 0 bridgehead atoms. The number of fused-ring (bicyclic) bond motifs is 2. The second kappa shape index (κ2) is 7.58. The molecule has 0 amide bonds. The lowest BCUT2D eigenvalue weighted by Gasteiger charge is -1.99. The average molecular weight is 409 g/mol. The van der Waals surface area contributed by atoms with Crippen LogP contribution in [0.4, 0.5) is 0 Å². The third-order valence-corrected chi connectivity index (χ3v) is 6.58. The van der Waals surface area contributed by atoms with E-state index >= 15 is 0 Å². The molecule has 2 heterocycles. The number of benzene rings is 2. The molecule has 0 aliphatic carbocycles. The molecule has 2 aromatic carbocycles. The molecule has 0 saturated carbocycles. The maximum Gasteiger partial charge on any atom is 0.348 e. The molecule has 28 heavy (non-hydrogen) atoms. The summed E-state index contributed by atoms with van der Waals surface area (Å²) in [6, 6.07) is 15.8. The third-order valence-electron chi connectivity index (χ3n) is 4.40. The van der Waals surface area contributed by atoms with Crippen molar-refractivity contribution >= 4 is 66.9 Å². The van der Waals surface area contributed by atoms with E-state index in [0.29, 0.717) is 4.88 Å². The molecule has 1 N–H and O–H groups in total. The molecular formula is C22H16O4S2. The minimum atomic E-state index is -0.825. The summed E-state index contributed by atoms with van der Waals surface area (Å²) < 4.78 is 6.92. The number of carbonyl (C=O) groups excluding carboxylic acids is 1. The number of methoxy groups -OCH3 is 1. The zero-order chi connectivity index (χ0) is 19.7. The first-order valence-corrected chi connectivity index (χ1v) is 10.2. The molecule has 2 aromatic heterocycles. The quantitative estimate of drug-likeness (QED) is 0.340. The molecule has 0 atom stereocenters. The van der Waals surface area contributed by atoms with Crippen LogP contribution in [0.15, 0.2) is 48.5 Å². The molecule has 4 nitrogen and oxygen atoms in total. The van der Waals surface area contributed by atoms with Crippen LogP contribution in [0.1, 0.15) is 25.7 Å². The Morgan fingerprint density at radius 3 is 2.18 bits per heavy atom. The average Bonchev–Trinajstić information content (AvgIpc) is 3.29. The normalized spacial score (nSPS) is 11.5. The van der Waals surface area contributed by atoms with Crippen molar-refractivity contribution in [1.29, 1.82) is 0 Å². The summed E-state index contributed by atoms with van der Waals surface area (Å²) in [7, 11) is 1.38. The molecule has 0 unspecified atom stereocenters. The Morgan fingerprint density at radius 1 is 0.964 bits per heavy atom. The predicted molar refractivity (Wildman–Crippen MR) is 115 cm³/mol. The molecule has 0 fully saturated rings. The van der Waals surface area contributed by atoms with Crippen LogP contribution in [0.3, 0.4) is 0 Å². The van der Waals surface area contributed by atoms with E-state index in [0.717, 1.165) is 36.2 Å². The van der Waals surface area contributed by atoms with Crippen LogP contribution in [-0.4, -0.2) is 24.2 Å². The topological polar surface area (TPSA) is 63.6 Å². The first-order chi connectivity index (χ1) is 13.5. The number of ether oxygens (including phenoxy) is 1. The number of rotatable bonds is 5. The lowest BCUT2D eigenvalue weighted by atomic mass is 10.1. The maximum absolute atomic E-state index is 11.8. The molecule has 4 rings (SSSR count). The van der Waals surface area contributed by atoms with Gasteiger partial charge in [0.25, 0.3) is 0 Å². The Hall–Kier alpha value is -2.96. The summed E-state index contributed by atoms with van der Waals surface area (Å²) in [5, 5.41) is 11.1. The standard InChI is InChI=1S/C22H16O4S2/c1-26-22(25)20-12-17-14(5-3-7-19(17)28-20)9-8-13-4-2-6-18-16(13)10-15(27-18)11-21(23)24/h2-10,12H,11H2,1H3,(H,23,24)/b9-8+. The lowest BCUT2D eigenvalue weighted by molar-refractivity contribution is -0.136. The molecule has 6 heteroatoms. The minimum absolute atomic E-state index is 0.0347. The van der Waals surface area contributed by atoms with Crippen LogP contribution < -0.4 is 0 Å². The SMILES string of the molecule is COC(=O)c1cc2c(/C=C/c3cccc4sc(CC(=O)O)cc34)cccc2s1. The van der Waals surface area contributed by atoms with Crippen LogP contribution in [0.25, 0.3) is 32.3 Å². The van der Waals surface area contributed by atoms with E-state index in [-0.39, 0.29) is 12.4 Å². The summed E-state index contributed by atoms with van der Waals surface area (Å²) in [4.78, 5) is 24.2. The van der Waals surface area contributed by atoms with Gasteiger partial charge in [0.2, 0.25) is 0 Å². The van der Waals surface area contributed by atoms with E-state index in [4.69, 9.17) is 9.84 Å². The highest BCUT2D eigenvalue weighted by atomic mass is 32.1.